The zero-order valence-corrected chi connectivity index (χ0v) is 17.0. The van der Waals surface area contributed by atoms with Crippen LogP contribution in [0.15, 0.2) is 48.8 Å². The molecule has 1 atom stereocenters. The molecule has 1 unspecified atom stereocenters. The highest BCUT2D eigenvalue weighted by Gasteiger charge is 2.31. The molecule has 1 N–H and O–H groups in total. The fourth-order valence-electron chi connectivity index (χ4n) is 3.82. The summed E-state index contributed by atoms with van der Waals surface area (Å²) in [5, 5.41) is 7.97. The van der Waals surface area contributed by atoms with E-state index in [2.05, 4.69) is 40.3 Å². The minimum atomic E-state index is -0.149. The molecule has 3 heterocycles. The average molecular weight is 390 g/mol. The zero-order chi connectivity index (χ0) is 20.4. The number of rotatable bonds is 4. The Labute approximate surface area is 170 Å². The second-order valence-corrected chi connectivity index (χ2v) is 7.61. The van der Waals surface area contributed by atoms with Crippen LogP contribution >= 0.6 is 0 Å². The monoisotopic (exact) mass is 390 g/mol. The zero-order valence-electron chi connectivity index (χ0n) is 17.0. The molecule has 0 bridgehead atoms. The maximum atomic E-state index is 13.3. The van der Waals surface area contributed by atoms with Gasteiger partial charge in [-0.25, -0.2) is 9.67 Å². The van der Waals surface area contributed by atoms with Crippen LogP contribution in [0.2, 0.25) is 0 Å². The molecule has 1 aliphatic rings. The van der Waals surface area contributed by atoms with Crippen LogP contribution in [0, 0.1) is 6.92 Å². The fraction of sp³-hybridized carbons (Fsp3) is 0.364. The first kappa shape index (κ1) is 19.3. The van der Waals surface area contributed by atoms with Crippen molar-refractivity contribution in [2.45, 2.75) is 32.7 Å². The van der Waals surface area contributed by atoms with Gasteiger partial charge in [0.25, 0.3) is 5.91 Å². The van der Waals surface area contributed by atoms with Gasteiger partial charge in [0.05, 0.1) is 11.7 Å². The van der Waals surface area contributed by atoms with Gasteiger partial charge in [-0.15, -0.1) is 5.10 Å². The van der Waals surface area contributed by atoms with Crippen molar-refractivity contribution in [1.82, 2.24) is 30.0 Å². The number of carbonyl (C=O) groups is 1. The van der Waals surface area contributed by atoms with E-state index >= 15 is 0 Å². The summed E-state index contributed by atoms with van der Waals surface area (Å²) in [5.41, 5.74) is 3.15. The summed E-state index contributed by atoms with van der Waals surface area (Å²) >= 11 is 0. The molecule has 0 saturated carbocycles. The number of aryl methyl sites for hydroxylation is 1. The van der Waals surface area contributed by atoms with Crippen LogP contribution in [-0.4, -0.2) is 50.2 Å². The topological polar surface area (TPSA) is 75.9 Å². The minimum absolute atomic E-state index is 0.0832. The highest BCUT2D eigenvalue weighted by atomic mass is 16.2. The van der Waals surface area contributed by atoms with E-state index in [1.54, 1.807) is 10.9 Å². The molecule has 2 aromatic heterocycles. The normalized spacial score (nSPS) is 17.0. The molecular formula is C22H26N6O. The van der Waals surface area contributed by atoms with Gasteiger partial charge in [0.2, 0.25) is 5.82 Å². The molecular weight excluding hydrogens is 364 g/mol. The molecule has 3 aromatic rings. The van der Waals surface area contributed by atoms with Crippen molar-refractivity contribution in [3.8, 4) is 5.69 Å². The smallest absolute Gasteiger partial charge is 0.294 e. The Morgan fingerprint density at radius 3 is 2.79 bits per heavy atom. The largest absolute Gasteiger partial charge is 0.326 e. The first-order valence-electron chi connectivity index (χ1n) is 10.0. The lowest BCUT2D eigenvalue weighted by atomic mass is 10.0. The Bertz CT molecular complexity index is 998. The van der Waals surface area contributed by atoms with Gasteiger partial charge in [0.15, 0.2) is 0 Å². The molecule has 0 spiro atoms. The number of hydrogen-bond donors (Lipinski definition) is 1. The fourth-order valence-corrected chi connectivity index (χ4v) is 3.82. The van der Waals surface area contributed by atoms with E-state index in [1.807, 2.05) is 48.4 Å². The van der Waals surface area contributed by atoms with Crippen LogP contribution in [0.4, 0.5) is 0 Å². The number of amides is 1. The minimum Gasteiger partial charge on any atom is -0.326 e. The van der Waals surface area contributed by atoms with Crippen LogP contribution in [0.1, 0.15) is 53.4 Å². The molecule has 0 radical (unpaired) electrons. The molecule has 1 saturated heterocycles. The third kappa shape index (κ3) is 3.78. The number of aromatic nitrogens is 4. The van der Waals surface area contributed by atoms with E-state index in [0.29, 0.717) is 24.8 Å². The van der Waals surface area contributed by atoms with Gasteiger partial charge in [-0.05, 0) is 36.1 Å². The van der Waals surface area contributed by atoms with E-state index in [-0.39, 0.29) is 17.8 Å². The van der Waals surface area contributed by atoms with Crippen molar-refractivity contribution in [2.24, 2.45) is 0 Å². The van der Waals surface area contributed by atoms with Crippen LogP contribution in [-0.2, 0) is 0 Å². The van der Waals surface area contributed by atoms with E-state index < -0.39 is 0 Å². The van der Waals surface area contributed by atoms with Gasteiger partial charge in [0.1, 0.15) is 5.82 Å². The summed E-state index contributed by atoms with van der Waals surface area (Å²) in [6.07, 6.45) is 3.55. The number of pyridine rings is 1. The summed E-state index contributed by atoms with van der Waals surface area (Å²) in [7, 11) is 0. The van der Waals surface area contributed by atoms with Crippen LogP contribution in [0.3, 0.4) is 0 Å². The molecule has 29 heavy (non-hydrogen) atoms. The van der Waals surface area contributed by atoms with Gasteiger partial charge < -0.3 is 10.2 Å². The van der Waals surface area contributed by atoms with E-state index in [1.165, 1.54) is 5.56 Å². The lowest BCUT2D eigenvalue weighted by molar-refractivity contribution is 0.0621. The van der Waals surface area contributed by atoms with Crippen molar-refractivity contribution < 1.29 is 4.79 Å². The quantitative estimate of drug-likeness (QED) is 0.741. The third-order valence-electron chi connectivity index (χ3n) is 5.32. The Morgan fingerprint density at radius 1 is 1.21 bits per heavy atom. The summed E-state index contributed by atoms with van der Waals surface area (Å²) in [5.74, 6) is 1.13. The molecule has 150 valence electrons. The first-order chi connectivity index (χ1) is 14.1. The number of piperazine rings is 1. The molecule has 1 aromatic carbocycles. The number of hydrogen-bond acceptors (Lipinski definition) is 5. The van der Waals surface area contributed by atoms with Crippen LogP contribution < -0.4 is 5.32 Å². The van der Waals surface area contributed by atoms with Gasteiger partial charge >= 0.3 is 0 Å². The number of para-hydroxylation sites is 1. The average Bonchev–Trinajstić information content (AvgIpc) is 3.15. The highest BCUT2D eigenvalue weighted by molar-refractivity contribution is 5.91. The lowest BCUT2D eigenvalue weighted by Crippen LogP contribution is -2.49. The van der Waals surface area contributed by atoms with Crippen molar-refractivity contribution in [3.05, 3.63) is 71.6 Å². The van der Waals surface area contributed by atoms with E-state index in [9.17, 15) is 4.79 Å². The lowest BCUT2D eigenvalue weighted by Gasteiger charge is -2.35. The number of carbonyl (C=O) groups excluding carboxylic acids is 1. The Balaban J connectivity index is 1.67. The van der Waals surface area contributed by atoms with Crippen molar-refractivity contribution in [3.63, 3.8) is 0 Å². The maximum Gasteiger partial charge on any atom is 0.294 e. The van der Waals surface area contributed by atoms with Crippen LogP contribution in [0.25, 0.3) is 5.69 Å². The SMILES string of the molecule is Cc1nc(C(=O)N2CCNCC2c2cccnc2)nn1-c1ccccc1C(C)C. The number of nitrogens with zero attached hydrogens (tertiary/aromatic N) is 5. The third-order valence-corrected chi connectivity index (χ3v) is 5.32. The Hall–Kier alpha value is -3.06. The van der Waals surface area contributed by atoms with Crippen LogP contribution in [0.5, 0.6) is 0 Å². The second-order valence-electron chi connectivity index (χ2n) is 7.61. The van der Waals surface area contributed by atoms with E-state index in [4.69, 9.17) is 0 Å². The van der Waals surface area contributed by atoms with Gasteiger partial charge in [-0.3, -0.25) is 9.78 Å². The molecule has 1 fully saturated rings. The molecule has 4 rings (SSSR count). The van der Waals surface area contributed by atoms with Crippen molar-refractivity contribution in [2.75, 3.05) is 19.6 Å². The molecule has 7 heteroatoms. The predicted molar refractivity (Wildman–Crippen MR) is 111 cm³/mol. The van der Waals surface area contributed by atoms with Crippen molar-refractivity contribution >= 4 is 5.91 Å². The molecule has 0 aliphatic carbocycles. The molecule has 1 amide bonds. The number of benzene rings is 1. The van der Waals surface area contributed by atoms with E-state index in [0.717, 1.165) is 17.8 Å². The highest BCUT2D eigenvalue weighted by Crippen LogP contribution is 2.25. The summed E-state index contributed by atoms with van der Waals surface area (Å²) < 4.78 is 1.78. The Kier molecular flexibility index (Phi) is 5.40. The molecule has 7 nitrogen and oxygen atoms in total. The number of nitrogens with one attached hydrogen (secondary N) is 1. The summed E-state index contributed by atoms with van der Waals surface area (Å²) in [6.45, 7) is 8.23. The van der Waals surface area contributed by atoms with Gasteiger partial charge in [0, 0.05) is 32.0 Å². The molecule has 1 aliphatic heterocycles. The Morgan fingerprint density at radius 2 is 2.03 bits per heavy atom. The summed E-state index contributed by atoms with van der Waals surface area (Å²) in [6, 6.07) is 11.9. The maximum absolute atomic E-state index is 13.3. The predicted octanol–water partition coefficient (Wildman–Crippen LogP) is 2.88. The van der Waals surface area contributed by atoms with Gasteiger partial charge in [-0.1, -0.05) is 38.1 Å². The van der Waals surface area contributed by atoms with Gasteiger partial charge in [-0.2, -0.15) is 0 Å². The summed E-state index contributed by atoms with van der Waals surface area (Å²) in [4.78, 5) is 23.9. The standard InChI is InChI=1S/C22H26N6O/c1-15(2)18-8-4-5-9-19(18)28-16(3)25-21(26-28)22(29)27-12-11-24-14-20(27)17-7-6-10-23-13-17/h4-10,13,15,20,24H,11-12,14H2,1-3H3. The van der Waals surface area contributed by atoms with Crippen molar-refractivity contribution in [1.29, 1.82) is 0 Å². The second kappa shape index (κ2) is 8.13. The first-order valence-corrected chi connectivity index (χ1v) is 10.0.